The van der Waals surface area contributed by atoms with Crippen LogP contribution in [0.25, 0.3) is 0 Å². The number of methoxy groups -OCH3 is 1. The van der Waals surface area contributed by atoms with Gasteiger partial charge in [0.1, 0.15) is 0 Å². The number of rotatable bonds is 5. The predicted octanol–water partition coefficient (Wildman–Crippen LogP) is 2.84. The maximum absolute atomic E-state index is 5.48. The number of hydrogen-bond acceptors (Lipinski definition) is 3. The van der Waals surface area contributed by atoms with Gasteiger partial charge in [-0.05, 0) is 56.8 Å². The molecule has 21 heavy (non-hydrogen) atoms. The van der Waals surface area contributed by atoms with E-state index in [-0.39, 0.29) is 0 Å². The number of nitrogens with zero attached hydrogens (tertiary/aromatic N) is 1. The predicted molar refractivity (Wildman–Crippen MR) is 86.4 cm³/mol. The van der Waals surface area contributed by atoms with E-state index in [1.54, 1.807) is 0 Å². The first kappa shape index (κ1) is 15.0. The van der Waals surface area contributed by atoms with Crippen molar-refractivity contribution in [1.82, 2.24) is 10.2 Å². The quantitative estimate of drug-likeness (QED) is 0.901. The van der Waals surface area contributed by atoms with E-state index in [0.717, 1.165) is 18.6 Å². The fourth-order valence-corrected chi connectivity index (χ4v) is 3.99. The van der Waals surface area contributed by atoms with E-state index in [1.165, 1.54) is 50.9 Å². The van der Waals surface area contributed by atoms with E-state index in [2.05, 4.69) is 40.5 Å². The Morgan fingerprint density at radius 1 is 1.19 bits per heavy atom. The molecule has 2 unspecified atom stereocenters. The van der Waals surface area contributed by atoms with Crippen LogP contribution in [0, 0.1) is 5.92 Å². The molecule has 2 fully saturated rings. The Hall–Kier alpha value is -0.900. The zero-order valence-corrected chi connectivity index (χ0v) is 13.1. The fourth-order valence-electron chi connectivity index (χ4n) is 3.99. The van der Waals surface area contributed by atoms with Crippen LogP contribution >= 0.6 is 0 Å². The largest absolute Gasteiger partial charge is 0.383 e. The first-order valence-corrected chi connectivity index (χ1v) is 8.40. The van der Waals surface area contributed by atoms with Crippen LogP contribution in [0.4, 0.5) is 0 Å². The number of piperidine rings is 1. The summed E-state index contributed by atoms with van der Waals surface area (Å²) in [6.45, 7) is 4.41. The Labute approximate surface area is 128 Å². The molecule has 0 bridgehead atoms. The smallest absolute Gasteiger partial charge is 0.0659 e. The van der Waals surface area contributed by atoms with E-state index in [4.69, 9.17) is 4.74 Å². The number of nitrogens with one attached hydrogen (secondary N) is 1. The molecule has 0 amide bonds. The summed E-state index contributed by atoms with van der Waals surface area (Å²) in [5.41, 5.74) is 1.39. The molecule has 3 heteroatoms. The van der Waals surface area contributed by atoms with Crippen LogP contribution in [-0.2, 0) is 4.74 Å². The Bertz CT molecular complexity index is 408. The van der Waals surface area contributed by atoms with Crippen molar-refractivity contribution in [2.24, 2.45) is 5.92 Å². The van der Waals surface area contributed by atoms with Crippen molar-refractivity contribution in [3.05, 3.63) is 35.9 Å². The molecule has 0 aromatic heterocycles. The summed E-state index contributed by atoms with van der Waals surface area (Å²) < 4.78 is 5.48. The highest BCUT2D eigenvalue weighted by Crippen LogP contribution is 2.30. The second-order valence-electron chi connectivity index (χ2n) is 6.46. The second kappa shape index (κ2) is 7.39. The maximum atomic E-state index is 5.48. The molecule has 2 aliphatic heterocycles. The highest BCUT2D eigenvalue weighted by Gasteiger charge is 2.31. The summed E-state index contributed by atoms with van der Waals surface area (Å²) in [5.74, 6) is 0.878. The van der Waals surface area contributed by atoms with Gasteiger partial charge in [0, 0.05) is 13.2 Å². The van der Waals surface area contributed by atoms with Gasteiger partial charge in [-0.25, -0.2) is 0 Å². The van der Waals surface area contributed by atoms with Crippen LogP contribution in [0.3, 0.4) is 0 Å². The molecule has 2 atom stereocenters. The second-order valence-corrected chi connectivity index (χ2v) is 6.46. The topological polar surface area (TPSA) is 24.5 Å². The number of hydrogen-bond donors (Lipinski definition) is 1. The van der Waals surface area contributed by atoms with Gasteiger partial charge >= 0.3 is 0 Å². The van der Waals surface area contributed by atoms with Crippen molar-refractivity contribution >= 4 is 0 Å². The van der Waals surface area contributed by atoms with E-state index < -0.39 is 0 Å². The Kier molecular flexibility index (Phi) is 5.28. The van der Waals surface area contributed by atoms with Crippen LogP contribution in [0.1, 0.15) is 37.3 Å². The highest BCUT2D eigenvalue weighted by molar-refractivity contribution is 5.19. The molecule has 3 nitrogen and oxygen atoms in total. The van der Waals surface area contributed by atoms with Crippen LogP contribution in [0.2, 0.25) is 0 Å². The van der Waals surface area contributed by atoms with Crippen molar-refractivity contribution in [3.8, 4) is 0 Å². The van der Waals surface area contributed by atoms with Crippen LogP contribution in [0.15, 0.2) is 30.3 Å². The lowest BCUT2D eigenvalue weighted by atomic mass is 9.87. The summed E-state index contributed by atoms with van der Waals surface area (Å²) in [5, 5.41) is 3.68. The molecule has 0 spiro atoms. The van der Waals surface area contributed by atoms with Crippen LogP contribution in [-0.4, -0.2) is 44.3 Å². The molecule has 0 aliphatic carbocycles. The third-order valence-electron chi connectivity index (χ3n) is 5.19. The third kappa shape index (κ3) is 3.65. The Balaban J connectivity index is 1.60. The van der Waals surface area contributed by atoms with Gasteiger partial charge in [0.2, 0.25) is 0 Å². The molecular weight excluding hydrogens is 260 g/mol. The molecule has 2 aliphatic rings. The molecule has 2 saturated heterocycles. The minimum absolute atomic E-state index is 0.411. The molecule has 0 radical (unpaired) electrons. The number of benzene rings is 1. The summed E-state index contributed by atoms with van der Waals surface area (Å²) in [6, 6.07) is 12.0. The van der Waals surface area contributed by atoms with E-state index in [0.29, 0.717) is 6.04 Å². The first-order chi connectivity index (χ1) is 10.4. The lowest BCUT2D eigenvalue weighted by Gasteiger charge is -2.39. The molecule has 1 N–H and O–H groups in total. The molecule has 2 heterocycles. The SMILES string of the molecule is COCC(c1ccccc1)N1CCC(C2CCCN2)CC1. The summed E-state index contributed by atoms with van der Waals surface area (Å²) in [4.78, 5) is 2.62. The molecule has 116 valence electrons. The normalized spacial score (nSPS) is 26.0. The van der Waals surface area contributed by atoms with Crippen LogP contribution < -0.4 is 5.32 Å². The van der Waals surface area contributed by atoms with Gasteiger partial charge in [-0.3, -0.25) is 4.90 Å². The standard InChI is InChI=1S/C18H28N2O/c1-21-14-18(16-6-3-2-4-7-16)20-12-9-15(10-13-20)17-8-5-11-19-17/h2-4,6-7,15,17-19H,5,8-14H2,1H3. The summed E-state index contributed by atoms with van der Waals surface area (Å²) >= 11 is 0. The highest BCUT2D eigenvalue weighted by atomic mass is 16.5. The number of likely N-dealkylation sites (tertiary alicyclic amines) is 1. The van der Waals surface area contributed by atoms with Crippen molar-refractivity contribution in [1.29, 1.82) is 0 Å². The van der Waals surface area contributed by atoms with Gasteiger partial charge in [-0.15, -0.1) is 0 Å². The average Bonchev–Trinajstić information content (AvgIpc) is 3.08. The van der Waals surface area contributed by atoms with Gasteiger partial charge in [0.25, 0.3) is 0 Å². The van der Waals surface area contributed by atoms with E-state index in [1.807, 2.05) is 7.11 Å². The van der Waals surface area contributed by atoms with Gasteiger partial charge in [-0.1, -0.05) is 30.3 Å². The van der Waals surface area contributed by atoms with Crippen molar-refractivity contribution in [2.75, 3.05) is 33.4 Å². The van der Waals surface area contributed by atoms with Crippen LogP contribution in [0.5, 0.6) is 0 Å². The monoisotopic (exact) mass is 288 g/mol. The minimum Gasteiger partial charge on any atom is -0.383 e. The molecule has 3 rings (SSSR count). The minimum atomic E-state index is 0.411. The van der Waals surface area contributed by atoms with Crippen molar-refractivity contribution in [3.63, 3.8) is 0 Å². The van der Waals surface area contributed by atoms with Gasteiger partial charge < -0.3 is 10.1 Å². The molecule has 1 aromatic carbocycles. The fraction of sp³-hybridized carbons (Fsp3) is 0.667. The lowest BCUT2D eigenvalue weighted by molar-refractivity contribution is 0.0593. The van der Waals surface area contributed by atoms with Crippen molar-refractivity contribution < 1.29 is 4.74 Å². The zero-order chi connectivity index (χ0) is 14.5. The molecule has 0 saturated carbocycles. The van der Waals surface area contributed by atoms with Crippen molar-refractivity contribution in [2.45, 2.75) is 37.8 Å². The Morgan fingerprint density at radius 3 is 2.57 bits per heavy atom. The van der Waals surface area contributed by atoms with Gasteiger partial charge in [0.15, 0.2) is 0 Å². The molecule has 1 aromatic rings. The van der Waals surface area contributed by atoms with E-state index in [9.17, 15) is 0 Å². The zero-order valence-electron chi connectivity index (χ0n) is 13.1. The van der Waals surface area contributed by atoms with Gasteiger partial charge in [0.05, 0.1) is 12.6 Å². The van der Waals surface area contributed by atoms with Gasteiger partial charge in [-0.2, -0.15) is 0 Å². The molecular formula is C18H28N2O. The third-order valence-corrected chi connectivity index (χ3v) is 5.19. The summed E-state index contributed by atoms with van der Waals surface area (Å²) in [6.07, 6.45) is 5.39. The Morgan fingerprint density at radius 2 is 1.95 bits per heavy atom. The summed E-state index contributed by atoms with van der Waals surface area (Å²) in [7, 11) is 1.81. The van der Waals surface area contributed by atoms with E-state index >= 15 is 0 Å². The average molecular weight is 288 g/mol. The number of ether oxygens (including phenoxy) is 1. The lowest BCUT2D eigenvalue weighted by Crippen LogP contribution is -2.43. The maximum Gasteiger partial charge on any atom is 0.0659 e. The first-order valence-electron chi connectivity index (χ1n) is 8.40.